The summed E-state index contributed by atoms with van der Waals surface area (Å²) in [7, 11) is 0. The van der Waals surface area contributed by atoms with Crippen molar-refractivity contribution in [1.29, 1.82) is 0 Å². The molecule has 1 amide bonds. The summed E-state index contributed by atoms with van der Waals surface area (Å²) >= 11 is 1.29. The number of para-hydroxylation sites is 1. The van der Waals surface area contributed by atoms with Gasteiger partial charge in [0.2, 0.25) is 11.1 Å². The van der Waals surface area contributed by atoms with Crippen LogP contribution in [-0.2, 0) is 4.79 Å². The van der Waals surface area contributed by atoms with Gasteiger partial charge in [-0.05, 0) is 50.2 Å². The van der Waals surface area contributed by atoms with Crippen molar-refractivity contribution in [1.82, 2.24) is 14.8 Å². The van der Waals surface area contributed by atoms with E-state index in [1.54, 1.807) is 42.2 Å². The third kappa shape index (κ3) is 4.37. The van der Waals surface area contributed by atoms with Crippen molar-refractivity contribution in [2.45, 2.75) is 24.3 Å². The highest BCUT2D eigenvalue weighted by molar-refractivity contribution is 8.00. The van der Waals surface area contributed by atoms with Crippen molar-refractivity contribution in [2.24, 2.45) is 0 Å². The lowest BCUT2D eigenvalue weighted by atomic mass is 10.1. The van der Waals surface area contributed by atoms with Crippen molar-refractivity contribution in [3.63, 3.8) is 0 Å². The molecule has 1 atom stereocenters. The zero-order valence-corrected chi connectivity index (χ0v) is 15.2. The first kappa shape index (κ1) is 17.9. The number of nitrogens with one attached hydrogen (secondary N) is 1. The summed E-state index contributed by atoms with van der Waals surface area (Å²) in [6.45, 7) is 3.31. The Hall–Kier alpha value is -2.93. The molecule has 3 rings (SSSR count). The Balaban J connectivity index is 1.61. The highest BCUT2D eigenvalue weighted by atomic mass is 32.2. The average Bonchev–Trinajstić information content (AvgIpc) is 3.11. The lowest BCUT2D eigenvalue weighted by Gasteiger charge is -2.10. The van der Waals surface area contributed by atoms with Gasteiger partial charge in [0.1, 0.15) is 6.33 Å². The summed E-state index contributed by atoms with van der Waals surface area (Å²) in [5, 5.41) is 7.39. The molecule has 2 aromatic carbocycles. The van der Waals surface area contributed by atoms with Crippen molar-refractivity contribution in [3.05, 3.63) is 66.5 Å². The first-order valence-corrected chi connectivity index (χ1v) is 8.96. The van der Waals surface area contributed by atoms with Crippen molar-refractivity contribution in [2.75, 3.05) is 5.32 Å². The van der Waals surface area contributed by atoms with Gasteiger partial charge in [0.05, 0.1) is 10.9 Å². The summed E-state index contributed by atoms with van der Waals surface area (Å²) in [5.41, 5.74) is 2.17. The molecule has 1 N–H and O–H groups in total. The fraction of sp³-hybridized carbons (Fsp3) is 0.158. The Bertz CT molecular complexity index is 907. The van der Waals surface area contributed by atoms with Gasteiger partial charge in [-0.1, -0.05) is 30.0 Å². The van der Waals surface area contributed by atoms with E-state index in [1.165, 1.54) is 18.7 Å². The molecular formula is C19H18N4O2S. The van der Waals surface area contributed by atoms with Gasteiger partial charge in [-0.3, -0.25) is 9.59 Å². The molecule has 0 unspecified atom stereocenters. The number of carbonyl (C=O) groups excluding carboxylic acids is 2. The molecule has 26 heavy (non-hydrogen) atoms. The van der Waals surface area contributed by atoms with Crippen LogP contribution in [0.1, 0.15) is 24.2 Å². The number of benzene rings is 2. The molecule has 0 spiro atoms. The van der Waals surface area contributed by atoms with Crippen LogP contribution in [0.25, 0.3) is 5.69 Å². The molecule has 1 aromatic heterocycles. The van der Waals surface area contributed by atoms with Gasteiger partial charge in [-0.15, -0.1) is 5.10 Å². The van der Waals surface area contributed by atoms with Gasteiger partial charge in [0.25, 0.3) is 0 Å². The zero-order valence-electron chi connectivity index (χ0n) is 14.4. The summed E-state index contributed by atoms with van der Waals surface area (Å²) in [4.78, 5) is 27.9. The zero-order chi connectivity index (χ0) is 18.5. The largest absolute Gasteiger partial charge is 0.325 e. The van der Waals surface area contributed by atoms with Crippen LogP contribution in [0.2, 0.25) is 0 Å². The molecule has 132 valence electrons. The Labute approximate surface area is 155 Å². The average molecular weight is 366 g/mol. The van der Waals surface area contributed by atoms with E-state index in [2.05, 4.69) is 15.4 Å². The first-order chi connectivity index (χ1) is 12.5. The number of amides is 1. The minimum atomic E-state index is -0.367. The minimum Gasteiger partial charge on any atom is -0.325 e. The number of ketones is 1. The predicted molar refractivity (Wildman–Crippen MR) is 102 cm³/mol. The van der Waals surface area contributed by atoms with Crippen LogP contribution in [0, 0.1) is 0 Å². The number of thioether (sulfide) groups is 1. The van der Waals surface area contributed by atoms with Gasteiger partial charge in [-0.25, -0.2) is 9.67 Å². The van der Waals surface area contributed by atoms with Crippen molar-refractivity contribution < 1.29 is 9.59 Å². The van der Waals surface area contributed by atoms with Crippen LogP contribution in [0.15, 0.2) is 66.1 Å². The second kappa shape index (κ2) is 7.97. The number of aromatic nitrogens is 3. The molecular weight excluding hydrogens is 348 g/mol. The van der Waals surface area contributed by atoms with E-state index in [1.807, 2.05) is 30.3 Å². The standard InChI is InChI=1S/C19H18N4O2S/c1-13(24)15-8-10-16(11-9-15)21-18(25)14(2)26-19-20-12-23(22-19)17-6-4-3-5-7-17/h3-12,14H,1-2H3,(H,21,25)/t14-/m1/s1. The molecule has 3 aromatic rings. The normalized spacial score (nSPS) is 11.8. The molecule has 0 radical (unpaired) electrons. The number of nitrogens with zero attached hydrogens (tertiary/aromatic N) is 3. The molecule has 1 heterocycles. The molecule has 0 saturated carbocycles. The van der Waals surface area contributed by atoms with Crippen LogP contribution in [0.4, 0.5) is 5.69 Å². The van der Waals surface area contributed by atoms with E-state index >= 15 is 0 Å². The first-order valence-electron chi connectivity index (χ1n) is 8.08. The smallest absolute Gasteiger partial charge is 0.237 e. The lowest BCUT2D eigenvalue weighted by molar-refractivity contribution is -0.115. The molecule has 0 saturated heterocycles. The number of Topliss-reactive ketones (excluding diaryl/α,β-unsaturated/α-hetero) is 1. The van der Waals surface area contributed by atoms with Gasteiger partial charge >= 0.3 is 0 Å². The molecule has 0 bridgehead atoms. The fourth-order valence-corrected chi connectivity index (χ4v) is 2.98. The summed E-state index contributed by atoms with van der Waals surface area (Å²) < 4.78 is 1.67. The predicted octanol–water partition coefficient (Wildman–Crippen LogP) is 3.59. The van der Waals surface area contributed by atoms with Gasteiger partial charge in [-0.2, -0.15) is 0 Å². The molecule has 6 nitrogen and oxygen atoms in total. The van der Waals surface area contributed by atoms with Crippen LogP contribution < -0.4 is 5.32 Å². The maximum absolute atomic E-state index is 12.4. The SMILES string of the molecule is CC(=O)c1ccc(NC(=O)[C@@H](C)Sc2ncn(-c3ccccc3)n2)cc1. The molecule has 0 aliphatic heterocycles. The minimum absolute atomic E-state index is 0.00752. The van der Waals surface area contributed by atoms with Crippen LogP contribution in [0.5, 0.6) is 0 Å². The summed E-state index contributed by atoms with van der Waals surface area (Å²) in [5.74, 6) is -0.159. The summed E-state index contributed by atoms with van der Waals surface area (Å²) in [6.07, 6.45) is 1.63. The molecule has 0 aliphatic carbocycles. The quantitative estimate of drug-likeness (QED) is 0.533. The van der Waals surface area contributed by atoms with E-state index in [9.17, 15) is 9.59 Å². The lowest BCUT2D eigenvalue weighted by Crippen LogP contribution is -2.22. The van der Waals surface area contributed by atoms with Crippen LogP contribution in [0.3, 0.4) is 0 Å². The van der Waals surface area contributed by atoms with Gasteiger partial charge < -0.3 is 5.32 Å². The maximum atomic E-state index is 12.4. The molecule has 7 heteroatoms. The molecule has 0 aliphatic rings. The second-order valence-electron chi connectivity index (χ2n) is 5.69. The Morgan fingerprint density at radius 3 is 2.42 bits per heavy atom. The number of hydrogen-bond acceptors (Lipinski definition) is 5. The highest BCUT2D eigenvalue weighted by Gasteiger charge is 2.17. The number of rotatable bonds is 6. The van der Waals surface area contributed by atoms with E-state index in [0.717, 1.165) is 5.69 Å². The van der Waals surface area contributed by atoms with E-state index < -0.39 is 0 Å². The van der Waals surface area contributed by atoms with Gasteiger partial charge in [0.15, 0.2) is 5.78 Å². The highest BCUT2D eigenvalue weighted by Crippen LogP contribution is 2.21. The fourth-order valence-electron chi connectivity index (χ4n) is 2.25. The van der Waals surface area contributed by atoms with Crippen LogP contribution in [-0.4, -0.2) is 31.7 Å². The second-order valence-corrected chi connectivity index (χ2v) is 7.00. The van der Waals surface area contributed by atoms with E-state index in [-0.39, 0.29) is 16.9 Å². The number of hydrogen-bond donors (Lipinski definition) is 1. The Morgan fingerprint density at radius 1 is 1.08 bits per heavy atom. The van der Waals surface area contributed by atoms with Crippen molar-refractivity contribution >= 4 is 29.1 Å². The summed E-state index contributed by atoms with van der Waals surface area (Å²) in [6, 6.07) is 16.5. The molecule has 0 fully saturated rings. The van der Waals surface area contributed by atoms with Crippen LogP contribution >= 0.6 is 11.8 Å². The van der Waals surface area contributed by atoms with Gasteiger partial charge in [0, 0.05) is 11.3 Å². The third-order valence-corrected chi connectivity index (χ3v) is 4.67. The number of anilines is 1. The Kier molecular flexibility index (Phi) is 5.48. The van der Waals surface area contributed by atoms with E-state index in [0.29, 0.717) is 16.4 Å². The maximum Gasteiger partial charge on any atom is 0.237 e. The Morgan fingerprint density at radius 2 is 1.77 bits per heavy atom. The monoisotopic (exact) mass is 366 g/mol. The van der Waals surface area contributed by atoms with Crippen molar-refractivity contribution in [3.8, 4) is 5.69 Å². The van der Waals surface area contributed by atoms with E-state index in [4.69, 9.17) is 0 Å². The third-order valence-electron chi connectivity index (χ3n) is 3.70. The topological polar surface area (TPSA) is 76.9 Å². The number of carbonyl (C=O) groups is 2.